The Kier molecular flexibility index (Phi) is 6.65. The monoisotopic (exact) mass is 432 g/mol. The van der Waals surface area contributed by atoms with E-state index in [4.69, 9.17) is 9.47 Å². The number of rotatable bonds is 7. The van der Waals surface area contributed by atoms with Crippen molar-refractivity contribution in [2.45, 2.75) is 23.1 Å². The summed E-state index contributed by atoms with van der Waals surface area (Å²) in [5.41, 5.74) is 0.696. The van der Waals surface area contributed by atoms with Gasteiger partial charge >= 0.3 is 0 Å². The molecule has 0 radical (unpaired) electrons. The van der Waals surface area contributed by atoms with E-state index >= 15 is 0 Å². The molecule has 0 bridgehead atoms. The van der Waals surface area contributed by atoms with Gasteiger partial charge in [-0.05, 0) is 30.7 Å². The van der Waals surface area contributed by atoms with Crippen LogP contribution >= 0.6 is 0 Å². The molecular weight excluding hydrogens is 404 g/mol. The van der Waals surface area contributed by atoms with Crippen LogP contribution in [0.3, 0.4) is 0 Å². The van der Waals surface area contributed by atoms with E-state index in [1.807, 2.05) is 0 Å². The second-order valence-corrected chi connectivity index (χ2v) is 11.6. The minimum Gasteiger partial charge on any atom is -0.496 e. The Morgan fingerprint density at radius 1 is 1.25 bits per heavy atom. The minimum absolute atomic E-state index is 0.132. The Bertz CT molecular complexity index is 895. The number of sulfone groups is 2. The summed E-state index contributed by atoms with van der Waals surface area (Å²) >= 11 is 0. The number of methoxy groups -OCH3 is 1. The molecule has 2 heterocycles. The number of morpholine rings is 1. The molecule has 2 atom stereocenters. The molecule has 0 spiro atoms. The molecule has 0 amide bonds. The molecule has 0 unspecified atom stereocenters. The molecule has 1 aromatic carbocycles. The topological polar surface area (TPSA) is 102 Å². The summed E-state index contributed by atoms with van der Waals surface area (Å²) in [6, 6.07) is 4.02. The van der Waals surface area contributed by atoms with Crippen molar-refractivity contribution in [1.82, 2.24) is 10.2 Å². The summed E-state index contributed by atoms with van der Waals surface area (Å²) in [6.45, 7) is 6.07. The molecule has 158 valence electrons. The highest BCUT2D eigenvalue weighted by Gasteiger charge is 2.45. The molecular formula is C18H28N2O6S2. The van der Waals surface area contributed by atoms with E-state index in [-0.39, 0.29) is 16.4 Å². The predicted octanol–water partition coefficient (Wildman–Crippen LogP) is -0.135. The van der Waals surface area contributed by atoms with Crippen LogP contribution in [-0.4, -0.2) is 91.0 Å². The average Bonchev–Trinajstić information content (AvgIpc) is 2.98. The van der Waals surface area contributed by atoms with Crippen molar-refractivity contribution in [2.24, 2.45) is 0 Å². The van der Waals surface area contributed by atoms with Crippen LogP contribution in [0.1, 0.15) is 5.56 Å². The quantitative estimate of drug-likeness (QED) is 0.636. The van der Waals surface area contributed by atoms with E-state index in [1.54, 1.807) is 19.1 Å². The highest BCUT2D eigenvalue weighted by atomic mass is 32.2. The lowest BCUT2D eigenvalue weighted by molar-refractivity contribution is 0.0382. The molecule has 28 heavy (non-hydrogen) atoms. The van der Waals surface area contributed by atoms with E-state index in [0.717, 1.165) is 19.6 Å². The number of nitrogens with one attached hydrogen (secondary N) is 1. The zero-order valence-corrected chi connectivity index (χ0v) is 17.9. The molecule has 2 aliphatic rings. The fourth-order valence-corrected chi connectivity index (χ4v) is 8.55. The number of benzene rings is 1. The third kappa shape index (κ3) is 4.85. The predicted molar refractivity (Wildman–Crippen MR) is 106 cm³/mol. The first-order valence-electron chi connectivity index (χ1n) is 9.35. The van der Waals surface area contributed by atoms with Crippen molar-refractivity contribution in [3.05, 3.63) is 23.8 Å². The Labute approximate surface area is 167 Å². The fourth-order valence-electron chi connectivity index (χ4n) is 3.75. The van der Waals surface area contributed by atoms with E-state index in [0.29, 0.717) is 31.1 Å². The van der Waals surface area contributed by atoms with Crippen LogP contribution in [0.25, 0.3) is 0 Å². The maximum Gasteiger partial charge on any atom is 0.183 e. The molecule has 2 fully saturated rings. The standard InChI is InChI=1S/C18H28N2O6S2/c1-14-11-15(3-4-17(14)25-2)28(23,24)18-13-27(21,22)12-16(18)19-5-6-20-7-9-26-10-8-20/h3-4,11,16,18-19H,5-10,12-13H2,1-2H3/t16-,18+/m1/s1. The number of hydrogen-bond donors (Lipinski definition) is 1. The lowest BCUT2D eigenvalue weighted by atomic mass is 10.2. The van der Waals surface area contributed by atoms with Gasteiger partial charge < -0.3 is 14.8 Å². The van der Waals surface area contributed by atoms with Gasteiger partial charge in [0.25, 0.3) is 0 Å². The third-order valence-electron chi connectivity index (χ3n) is 5.33. The number of hydrogen-bond acceptors (Lipinski definition) is 8. The highest BCUT2D eigenvalue weighted by Crippen LogP contribution is 2.29. The Hall–Kier alpha value is -1.20. The van der Waals surface area contributed by atoms with E-state index in [1.165, 1.54) is 13.2 Å². The zero-order chi connectivity index (χ0) is 20.4. The molecule has 10 heteroatoms. The molecule has 1 aromatic rings. The van der Waals surface area contributed by atoms with Gasteiger partial charge in [-0.3, -0.25) is 4.90 Å². The first-order valence-corrected chi connectivity index (χ1v) is 12.7. The van der Waals surface area contributed by atoms with Crippen LogP contribution < -0.4 is 10.1 Å². The highest BCUT2D eigenvalue weighted by molar-refractivity contribution is 7.96. The van der Waals surface area contributed by atoms with Crippen LogP contribution in [0.5, 0.6) is 5.75 Å². The smallest absolute Gasteiger partial charge is 0.183 e. The van der Waals surface area contributed by atoms with Crippen LogP contribution in [-0.2, 0) is 24.4 Å². The number of nitrogens with zero attached hydrogens (tertiary/aromatic N) is 1. The van der Waals surface area contributed by atoms with Crippen molar-refractivity contribution in [3.8, 4) is 5.75 Å². The zero-order valence-electron chi connectivity index (χ0n) is 16.3. The van der Waals surface area contributed by atoms with Gasteiger partial charge in [0.1, 0.15) is 5.75 Å². The van der Waals surface area contributed by atoms with Crippen LogP contribution in [0, 0.1) is 6.92 Å². The first kappa shape index (κ1) is 21.5. The lowest BCUT2D eigenvalue weighted by Crippen LogP contribution is -2.47. The summed E-state index contributed by atoms with van der Waals surface area (Å²) in [6.07, 6.45) is 0. The second-order valence-electron chi connectivity index (χ2n) is 7.31. The van der Waals surface area contributed by atoms with E-state index in [9.17, 15) is 16.8 Å². The van der Waals surface area contributed by atoms with Gasteiger partial charge in [0.05, 0.1) is 42.0 Å². The van der Waals surface area contributed by atoms with Crippen molar-refractivity contribution in [2.75, 3.05) is 58.0 Å². The molecule has 0 saturated carbocycles. The molecule has 2 aliphatic heterocycles. The molecule has 2 saturated heterocycles. The maximum absolute atomic E-state index is 13.2. The van der Waals surface area contributed by atoms with Gasteiger partial charge in [-0.15, -0.1) is 0 Å². The Morgan fingerprint density at radius 2 is 1.96 bits per heavy atom. The summed E-state index contributed by atoms with van der Waals surface area (Å²) < 4.78 is 61.3. The van der Waals surface area contributed by atoms with E-state index in [2.05, 4.69) is 10.2 Å². The molecule has 8 nitrogen and oxygen atoms in total. The van der Waals surface area contributed by atoms with Gasteiger partial charge in [-0.2, -0.15) is 0 Å². The summed E-state index contributed by atoms with van der Waals surface area (Å²) in [7, 11) is -5.68. The lowest BCUT2D eigenvalue weighted by Gasteiger charge is -2.27. The summed E-state index contributed by atoms with van der Waals surface area (Å²) in [4.78, 5) is 2.35. The number of aryl methyl sites for hydroxylation is 1. The van der Waals surface area contributed by atoms with Crippen molar-refractivity contribution in [3.63, 3.8) is 0 Å². The molecule has 0 aliphatic carbocycles. The van der Waals surface area contributed by atoms with Gasteiger partial charge in [0, 0.05) is 32.2 Å². The second kappa shape index (κ2) is 8.66. The maximum atomic E-state index is 13.2. The van der Waals surface area contributed by atoms with Crippen LogP contribution in [0.2, 0.25) is 0 Å². The van der Waals surface area contributed by atoms with E-state index < -0.39 is 31.0 Å². The molecule has 0 aromatic heterocycles. The molecule has 3 rings (SSSR count). The SMILES string of the molecule is COc1ccc(S(=O)(=O)[C@H]2CS(=O)(=O)C[C@H]2NCCN2CCOCC2)cc1C. The van der Waals surface area contributed by atoms with Crippen molar-refractivity contribution < 1.29 is 26.3 Å². The Morgan fingerprint density at radius 3 is 2.61 bits per heavy atom. The largest absolute Gasteiger partial charge is 0.496 e. The summed E-state index contributed by atoms with van der Waals surface area (Å²) in [5, 5.41) is 2.19. The van der Waals surface area contributed by atoms with Crippen molar-refractivity contribution >= 4 is 19.7 Å². The van der Waals surface area contributed by atoms with Gasteiger partial charge in [0.15, 0.2) is 19.7 Å². The Balaban J connectivity index is 1.74. The van der Waals surface area contributed by atoms with Gasteiger partial charge in [-0.25, -0.2) is 16.8 Å². The first-order chi connectivity index (χ1) is 13.2. The van der Waals surface area contributed by atoms with Gasteiger partial charge in [0.2, 0.25) is 0 Å². The van der Waals surface area contributed by atoms with Crippen LogP contribution in [0.15, 0.2) is 23.1 Å². The van der Waals surface area contributed by atoms with Gasteiger partial charge in [-0.1, -0.05) is 0 Å². The summed E-state index contributed by atoms with van der Waals surface area (Å²) in [5.74, 6) is 0.0864. The normalized spacial score (nSPS) is 25.6. The third-order valence-corrected chi connectivity index (χ3v) is 9.48. The van der Waals surface area contributed by atoms with Crippen molar-refractivity contribution in [1.29, 1.82) is 0 Å². The average molecular weight is 433 g/mol. The number of ether oxygens (including phenoxy) is 2. The fraction of sp³-hybridized carbons (Fsp3) is 0.667. The minimum atomic E-state index is -3.79. The van der Waals surface area contributed by atoms with Crippen LogP contribution in [0.4, 0.5) is 0 Å². The molecule has 1 N–H and O–H groups in total.